The maximum absolute atomic E-state index is 12.0. The number of hydrogen-bond acceptors (Lipinski definition) is 4. The minimum Gasteiger partial charge on any atom is -0.460 e. The molecule has 2 atom stereocenters. The first kappa shape index (κ1) is 16.5. The van der Waals surface area contributed by atoms with Gasteiger partial charge in [-0.3, -0.25) is 4.79 Å². The molecule has 0 N–H and O–H groups in total. The molecule has 1 heterocycles. The van der Waals surface area contributed by atoms with E-state index in [1.54, 1.807) is 6.08 Å². The van der Waals surface area contributed by atoms with Crippen molar-refractivity contribution >= 4 is 5.97 Å². The van der Waals surface area contributed by atoms with Crippen LogP contribution in [0, 0.1) is 5.92 Å². The quantitative estimate of drug-likeness (QED) is 0.587. The molecule has 2 aliphatic rings. The number of ether oxygens (including phenoxy) is 3. The summed E-state index contributed by atoms with van der Waals surface area (Å²) < 4.78 is 17.5. The van der Waals surface area contributed by atoms with E-state index < -0.39 is 11.4 Å². The molecule has 1 spiro atoms. The molecule has 0 bridgehead atoms. The maximum atomic E-state index is 12.0. The second-order valence-corrected chi connectivity index (χ2v) is 7.13. The van der Waals surface area contributed by atoms with Gasteiger partial charge in [-0.2, -0.15) is 0 Å². The third-order valence-electron chi connectivity index (χ3n) is 4.09. The first-order chi connectivity index (χ1) is 9.84. The molecule has 120 valence electrons. The molecule has 1 aliphatic carbocycles. The van der Waals surface area contributed by atoms with Gasteiger partial charge < -0.3 is 14.2 Å². The lowest BCUT2D eigenvalue weighted by Gasteiger charge is -2.32. The number of esters is 1. The van der Waals surface area contributed by atoms with Crippen LogP contribution in [0.3, 0.4) is 0 Å². The highest BCUT2D eigenvalue weighted by Gasteiger charge is 2.44. The summed E-state index contributed by atoms with van der Waals surface area (Å²) in [5.74, 6) is -0.667. The lowest BCUT2D eigenvalue weighted by atomic mass is 9.94. The lowest BCUT2D eigenvalue weighted by Crippen LogP contribution is -2.35. The molecule has 4 heteroatoms. The summed E-state index contributed by atoms with van der Waals surface area (Å²) in [5.41, 5.74) is -0.458. The molecule has 0 unspecified atom stereocenters. The summed E-state index contributed by atoms with van der Waals surface area (Å²) in [7, 11) is 0. The van der Waals surface area contributed by atoms with Crippen LogP contribution in [-0.2, 0) is 19.0 Å². The Morgan fingerprint density at radius 1 is 1.38 bits per heavy atom. The topological polar surface area (TPSA) is 44.8 Å². The molecular weight excluding hydrogens is 268 g/mol. The van der Waals surface area contributed by atoms with E-state index in [0.717, 1.165) is 25.7 Å². The Balaban J connectivity index is 1.90. The molecule has 21 heavy (non-hydrogen) atoms. The van der Waals surface area contributed by atoms with Crippen molar-refractivity contribution in [3.8, 4) is 0 Å². The molecule has 2 fully saturated rings. The van der Waals surface area contributed by atoms with E-state index in [9.17, 15) is 4.79 Å². The predicted molar refractivity (Wildman–Crippen MR) is 80.8 cm³/mol. The molecule has 0 radical (unpaired) electrons. The van der Waals surface area contributed by atoms with Gasteiger partial charge in [-0.05, 0) is 33.6 Å². The minimum absolute atomic E-state index is 0.0545. The fourth-order valence-corrected chi connectivity index (χ4v) is 3.08. The van der Waals surface area contributed by atoms with E-state index in [4.69, 9.17) is 14.2 Å². The molecular formula is C17H28O4. The Bertz CT molecular complexity index is 377. The number of carbonyl (C=O) groups excluding carboxylic acids is 1. The van der Waals surface area contributed by atoms with Gasteiger partial charge in [0.2, 0.25) is 0 Å². The average Bonchev–Trinajstić information content (AvgIpc) is 2.78. The van der Waals surface area contributed by atoms with Crippen molar-refractivity contribution in [2.75, 3.05) is 6.61 Å². The fourth-order valence-electron chi connectivity index (χ4n) is 3.08. The van der Waals surface area contributed by atoms with Crippen LogP contribution >= 0.6 is 0 Å². The zero-order valence-corrected chi connectivity index (χ0v) is 13.5. The van der Waals surface area contributed by atoms with Crippen molar-refractivity contribution in [3.63, 3.8) is 0 Å². The van der Waals surface area contributed by atoms with Crippen molar-refractivity contribution < 1.29 is 19.0 Å². The third-order valence-corrected chi connectivity index (χ3v) is 4.09. The summed E-state index contributed by atoms with van der Waals surface area (Å²) in [6.07, 6.45) is 7.47. The van der Waals surface area contributed by atoms with Crippen LogP contribution in [0.1, 0.15) is 59.3 Å². The second kappa shape index (κ2) is 6.49. The summed E-state index contributed by atoms with van der Waals surface area (Å²) in [5, 5.41) is 0. The van der Waals surface area contributed by atoms with Crippen LogP contribution in [0.25, 0.3) is 0 Å². The molecule has 1 aliphatic heterocycles. The third kappa shape index (κ3) is 4.55. The highest BCUT2D eigenvalue weighted by Crippen LogP contribution is 2.40. The van der Waals surface area contributed by atoms with Crippen LogP contribution in [0.4, 0.5) is 0 Å². The largest absolute Gasteiger partial charge is 0.460 e. The van der Waals surface area contributed by atoms with Crippen LogP contribution in [0.5, 0.6) is 0 Å². The van der Waals surface area contributed by atoms with Gasteiger partial charge in [-0.15, -0.1) is 6.58 Å². The molecule has 1 saturated carbocycles. The highest BCUT2D eigenvalue weighted by molar-refractivity contribution is 5.70. The Hall–Kier alpha value is -0.870. The van der Waals surface area contributed by atoms with E-state index in [1.165, 1.54) is 6.42 Å². The van der Waals surface area contributed by atoms with E-state index in [1.807, 2.05) is 20.8 Å². The zero-order valence-electron chi connectivity index (χ0n) is 13.5. The van der Waals surface area contributed by atoms with Gasteiger partial charge >= 0.3 is 5.97 Å². The summed E-state index contributed by atoms with van der Waals surface area (Å²) >= 11 is 0. The van der Waals surface area contributed by atoms with Gasteiger partial charge in [0, 0.05) is 18.8 Å². The van der Waals surface area contributed by atoms with E-state index in [0.29, 0.717) is 13.0 Å². The number of hydrogen-bond donors (Lipinski definition) is 0. The molecule has 0 aromatic heterocycles. The predicted octanol–water partition coefficient (Wildman–Crippen LogP) is 3.60. The first-order valence-electron chi connectivity index (χ1n) is 8.00. The molecule has 0 aromatic carbocycles. The van der Waals surface area contributed by atoms with Gasteiger partial charge in [0.1, 0.15) is 5.60 Å². The van der Waals surface area contributed by atoms with Crippen molar-refractivity contribution in [1.29, 1.82) is 0 Å². The second-order valence-electron chi connectivity index (χ2n) is 7.13. The molecule has 2 rings (SSSR count). The van der Waals surface area contributed by atoms with Crippen LogP contribution in [0.2, 0.25) is 0 Å². The van der Waals surface area contributed by atoms with Crippen molar-refractivity contribution in [2.24, 2.45) is 5.92 Å². The van der Waals surface area contributed by atoms with Crippen LogP contribution in [-0.4, -0.2) is 30.1 Å². The van der Waals surface area contributed by atoms with E-state index in [-0.39, 0.29) is 18.0 Å². The van der Waals surface area contributed by atoms with Crippen LogP contribution in [0.15, 0.2) is 12.7 Å². The Kier molecular flexibility index (Phi) is 5.10. The molecule has 1 saturated heterocycles. The van der Waals surface area contributed by atoms with Crippen molar-refractivity contribution in [1.82, 2.24) is 0 Å². The van der Waals surface area contributed by atoms with Crippen LogP contribution < -0.4 is 0 Å². The lowest BCUT2D eigenvalue weighted by molar-refractivity contribution is -0.191. The normalized spacial score (nSPS) is 26.5. The van der Waals surface area contributed by atoms with E-state index >= 15 is 0 Å². The Morgan fingerprint density at radius 2 is 2.05 bits per heavy atom. The molecule has 0 aromatic rings. The number of carbonyl (C=O) groups is 1. The fraction of sp³-hybridized carbons (Fsp3) is 0.824. The Labute approximate surface area is 127 Å². The average molecular weight is 296 g/mol. The highest BCUT2D eigenvalue weighted by atomic mass is 16.7. The van der Waals surface area contributed by atoms with E-state index in [2.05, 4.69) is 6.58 Å². The van der Waals surface area contributed by atoms with Gasteiger partial charge in [0.25, 0.3) is 0 Å². The summed E-state index contributed by atoms with van der Waals surface area (Å²) in [6.45, 7) is 10.0. The minimum atomic E-state index is -0.458. The van der Waals surface area contributed by atoms with Crippen molar-refractivity contribution in [3.05, 3.63) is 12.7 Å². The summed E-state index contributed by atoms with van der Waals surface area (Å²) in [6, 6.07) is 0. The summed E-state index contributed by atoms with van der Waals surface area (Å²) in [4.78, 5) is 12.0. The monoisotopic (exact) mass is 296 g/mol. The van der Waals surface area contributed by atoms with Gasteiger partial charge in [-0.25, -0.2) is 0 Å². The van der Waals surface area contributed by atoms with Gasteiger partial charge in [0.05, 0.1) is 19.1 Å². The molecule has 0 amide bonds. The number of rotatable bonds is 4. The standard InChI is InChI=1S/C17H28O4/c1-5-13(11-15(18)21-16(2,3)4)14-12-19-17(20-14)9-7-6-8-10-17/h5,13-14H,1,6-12H2,2-4H3/t13-,14+/m0/s1. The molecule has 4 nitrogen and oxygen atoms in total. The zero-order chi connectivity index (χ0) is 15.5. The Morgan fingerprint density at radius 3 is 2.62 bits per heavy atom. The van der Waals surface area contributed by atoms with Crippen molar-refractivity contribution in [2.45, 2.75) is 76.8 Å². The van der Waals surface area contributed by atoms with Gasteiger partial charge in [-0.1, -0.05) is 12.5 Å². The van der Waals surface area contributed by atoms with Gasteiger partial charge in [0.15, 0.2) is 5.79 Å². The smallest absolute Gasteiger partial charge is 0.307 e. The first-order valence-corrected chi connectivity index (χ1v) is 8.00. The SMILES string of the molecule is C=C[C@@H](CC(=O)OC(C)(C)C)[C@H]1COC2(CCCCC2)O1. The maximum Gasteiger partial charge on any atom is 0.307 e.